The molecular formula is C21H29N3O2. The molecule has 0 radical (unpaired) electrons. The number of hydrogen-bond acceptors (Lipinski definition) is 3. The van der Waals surface area contributed by atoms with Gasteiger partial charge in [-0.25, -0.2) is 0 Å². The SMILES string of the molecule is Cc1cc(N2CCOCC2)cc2[nH]c(C(=O)NC3CCCCC3C)cc12. The first-order chi connectivity index (χ1) is 12.6. The molecule has 4 rings (SSSR count). The van der Waals surface area contributed by atoms with Crippen molar-refractivity contribution in [1.29, 1.82) is 0 Å². The van der Waals surface area contributed by atoms with Crippen LogP contribution >= 0.6 is 0 Å². The standard InChI is InChI=1S/C21H29N3O2/c1-14-5-3-4-6-18(14)23-21(25)20-13-17-15(2)11-16(12-19(17)22-20)24-7-9-26-10-8-24/h11-14,18,22H,3-10H2,1-2H3,(H,23,25). The maximum absolute atomic E-state index is 12.8. The fourth-order valence-corrected chi connectivity index (χ4v) is 4.30. The molecule has 2 aliphatic rings. The average molecular weight is 355 g/mol. The molecule has 26 heavy (non-hydrogen) atoms. The molecule has 2 N–H and O–H groups in total. The Morgan fingerprint density at radius 1 is 1.19 bits per heavy atom. The lowest BCUT2D eigenvalue weighted by Gasteiger charge is -2.29. The zero-order chi connectivity index (χ0) is 18.1. The van der Waals surface area contributed by atoms with Gasteiger partial charge in [0.1, 0.15) is 5.69 Å². The summed E-state index contributed by atoms with van der Waals surface area (Å²) in [7, 11) is 0. The van der Waals surface area contributed by atoms with Crippen molar-refractivity contribution in [2.24, 2.45) is 5.92 Å². The van der Waals surface area contributed by atoms with Gasteiger partial charge < -0.3 is 19.9 Å². The number of H-pyrrole nitrogens is 1. The fourth-order valence-electron chi connectivity index (χ4n) is 4.30. The quantitative estimate of drug-likeness (QED) is 0.884. The van der Waals surface area contributed by atoms with Crippen molar-refractivity contribution in [2.75, 3.05) is 31.2 Å². The first-order valence-electron chi connectivity index (χ1n) is 9.89. The summed E-state index contributed by atoms with van der Waals surface area (Å²) in [6.07, 6.45) is 4.79. The Morgan fingerprint density at radius 2 is 1.96 bits per heavy atom. The van der Waals surface area contributed by atoms with E-state index >= 15 is 0 Å². The number of fused-ring (bicyclic) bond motifs is 1. The van der Waals surface area contributed by atoms with Crippen molar-refractivity contribution in [3.05, 3.63) is 29.5 Å². The predicted octanol–water partition coefficient (Wildman–Crippen LogP) is 3.62. The van der Waals surface area contributed by atoms with Crippen molar-refractivity contribution in [2.45, 2.75) is 45.6 Å². The van der Waals surface area contributed by atoms with Crippen molar-refractivity contribution >= 4 is 22.5 Å². The van der Waals surface area contributed by atoms with E-state index in [9.17, 15) is 4.79 Å². The van der Waals surface area contributed by atoms with E-state index < -0.39 is 0 Å². The topological polar surface area (TPSA) is 57.4 Å². The summed E-state index contributed by atoms with van der Waals surface area (Å²) < 4.78 is 5.45. The molecule has 0 bridgehead atoms. The van der Waals surface area contributed by atoms with Gasteiger partial charge in [-0.1, -0.05) is 19.8 Å². The van der Waals surface area contributed by atoms with Crippen LogP contribution in [0.25, 0.3) is 10.9 Å². The molecule has 2 atom stereocenters. The van der Waals surface area contributed by atoms with Crippen LogP contribution in [0.1, 0.15) is 48.7 Å². The number of nitrogens with one attached hydrogen (secondary N) is 2. The third-order valence-electron chi connectivity index (χ3n) is 5.98. The highest BCUT2D eigenvalue weighted by atomic mass is 16.5. The summed E-state index contributed by atoms with van der Waals surface area (Å²) >= 11 is 0. The second-order valence-electron chi connectivity index (χ2n) is 7.85. The largest absolute Gasteiger partial charge is 0.378 e. The molecule has 2 unspecified atom stereocenters. The highest BCUT2D eigenvalue weighted by Gasteiger charge is 2.24. The van der Waals surface area contributed by atoms with Crippen LogP contribution in [0.3, 0.4) is 0 Å². The minimum atomic E-state index is 0.0206. The Hall–Kier alpha value is -2.01. The van der Waals surface area contributed by atoms with Gasteiger partial charge in [-0.05, 0) is 49.4 Å². The van der Waals surface area contributed by atoms with E-state index in [-0.39, 0.29) is 5.91 Å². The van der Waals surface area contributed by atoms with E-state index in [0.29, 0.717) is 17.7 Å². The fraction of sp³-hybridized carbons (Fsp3) is 0.571. The number of hydrogen-bond donors (Lipinski definition) is 2. The molecule has 2 fully saturated rings. The zero-order valence-corrected chi connectivity index (χ0v) is 15.8. The number of nitrogens with zero attached hydrogens (tertiary/aromatic N) is 1. The zero-order valence-electron chi connectivity index (χ0n) is 15.8. The smallest absolute Gasteiger partial charge is 0.267 e. The first-order valence-corrected chi connectivity index (χ1v) is 9.89. The number of aryl methyl sites for hydroxylation is 1. The Morgan fingerprint density at radius 3 is 2.73 bits per heavy atom. The Balaban J connectivity index is 1.56. The van der Waals surface area contributed by atoms with Gasteiger partial charge in [0.05, 0.1) is 13.2 Å². The number of amides is 1. The molecule has 1 saturated carbocycles. The maximum Gasteiger partial charge on any atom is 0.267 e. The number of aromatic nitrogens is 1. The second-order valence-corrected chi connectivity index (χ2v) is 7.85. The number of benzene rings is 1. The van der Waals surface area contributed by atoms with Crippen LogP contribution in [0, 0.1) is 12.8 Å². The Labute approximate surface area is 155 Å². The third-order valence-corrected chi connectivity index (χ3v) is 5.98. The van der Waals surface area contributed by atoms with E-state index in [1.54, 1.807) is 0 Å². The predicted molar refractivity (Wildman–Crippen MR) is 105 cm³/mol. The molecule has 1 aliphatic carbocycles. The van der Waals surface area contributed by atoms with Crippen LogP contribution < -0.4 is 10.2 Å². The average Bonchev–Trinajstić information content (AvgIpc) is 3.09. The van der Waals surface area contributed by atoms with E-state index in [1.165, 1.54) is 30.5 Å². The summed E-state index contributed by atoms with van der Waals surface area (Å²) in [5.74, 6) is 0.582. The summed E-state index contributed by atoms with van der Waals surface area (Å²) in [4.78, 5) is 18.5. The molecule has 2 aromatic rings. The first kappa shape index (κ1) is 17.4. The van der Waals surface area contributed by atoms with Gasteiger partial charge in [0.2, 0.25) is 0 Å². The van der Waals surface area contributed by atoms with Gasteiger partial charge in [0.15, 0.2) is 0 Å². The molecule has 5 nitrogen and oxygen atoms in total. The van der Waals surface area contributed by atoms with E-state index in [0.717, 1.165) is 43.6 Å². The van der Waals surface area contributed by atoms with Gasteiger partial charge in [-0.2, -0.15) is 0 Å². The molecule has 2 heterocycles. The second kappa shape index (κ2) is 7.31. The van der Waals surface area contributed by atoms with Crippen LogP contribution in [0.15, 0.2) is 18.2 Å². The third kappa shape index (κ3) is 3.45. The summed E-state index contributed by atoms with van der Waals surface area (Å²) in [6.45, 7) is 7.74. The number of carbonyl (C=O) groups is 1. The van der Waals surface area contributed by atoms with Crippen molar-refractivity contribution in [3.63, 3.8) is 0 Å². The number of rotatable bonds is 3. The lowest BCUT2D eigenvalue weighted by Crippen LogP contribution is -2.41. The highest BCUT2D eigenvalue weighted by Crippen LogP contribution is 2.28. The molecular weight excluding hydrogens is 326 g/mol. The van der Waals surface area contributed by atoms with Crippen LogP contribution in [-0.4, -0.2) is 43.2 Å². The molecule has 5 heteroatoms. The van der Waals surface area contributed by atoms with Gasteiger partial charge in [0.25, 0.3) is 5.91 Å². The normalized spacial score (nSPS) is 24.0. The molecule has 1 saturated heterocycles. The molecule has 1 aromatic carbocycles. The highest BCUT2D eigenvalue weighted by molar-refractivity contribution is 5.99. The number of carbonyl (C=O) groups excluding carboxylic acids is 1. The number of anilines is 1. The molecule has 1 amide bonds. The van der Waals surface area contributed by atoms with Gasteiger partial charge >= 0.3 is 0 Å². The van der Waals surface area contributed by atoms with Crippen molar-refractivity contribution < 1.29 is 9.53 Å². The van der Waals surface area contributed by atoms with Gasteiger partial charge in [-0.15, -0.1) is 0 Å². The van der Waals surface area contributed by atoms with Crippen LogP contribution in [-0.2, 0) is 4.74 Å². The summed E-state index contributed by atoms with van der Waals surface area (Å²) in [5.41, 5.74) is 4.10. The number of morpholine rings is 1. The van der Waals surface area contributed by atoms with E-state index in [1.807, 2.05) is 6.07 Å². The minimum absolute atomic E-state index is 0.0206. The van der Waals surface area contributed by atoms with Gasteiger partial charge in [0, 0.05) is 35.7 Å². The minimum Gasteiger partial charge on any atom is -0.378 e. The molecule has 1 aromatic heterocycles. The maximum atomic E-state index is 12.8. The number of aromatic amines is 1. The van der Waals surface area contributed by atoms with Gasteiger partial charge in [-0.3, -0.25) is 4.79 Å². The van der Waals surface area contributed by atoms with Crippen LogP contribution in [0.5, 0.6) is 0 Å². The summed E-state index contributed by atoms with van der Waals surface area (Å²) in [6, 6.07) is 6.67. The van der Waals surface area contributed by atoms with Crippen molar-refractivity contribution in [1.82, 2.24) is 10.3 Å². The van der Waals surface area contributed by atoms with Crippen molar-refractivity contribution in [3.8, 4) is 0 Å². The summed E-state index contributed by atoms with van der Waals surface area (Å²) in [5, 5.41) is 4.37. The molecule has 140 valence electrons. The monoisotopic (exact) mass is 355 g/mol. The van der Waals surface area contributed by atoms with Crippen LogP contribution in [0.2, 0.25) is 0 Å². The number of ether oxygens (including phenoxy) is 1. The molecule has 1 aliphatic heterocycles. The van der Waals surface area contributed by atoms with E-state index in [4.69, 9.17) is 4.74 Å². The lowest BCUT2D eigenvalue weighted by molar-refractivity contribution is 0.0906. The Bertz CT molecular complexity index is 792. The Kier molecular flexibility index (Phi) is 4.90. The van der Waals surface area contributed by atoms with Crippen LogP contribution in [0.4, 0.5) is 5.69 Å². The molecule has 0 spiro atoms. The lowest BCUT2D eigenvalue weighted by atomic mass is 9.86. The van der Waals surface area contributed by atoms with E-state index in [2.05, 4.69) is 41.2 Å².